The Morgan fingerprint density at radius 1 is 1.43 bits per heavy atom. The van der Waals surface area contributed by atoms with E-state index in [1.165, 1.54) is 13.1 Å². The van der Waals surface area contributed by atoms with Crippen LogP contribution in [0, 0.1) is 6.92 Å². The maximum Gasteiger partial charge on any atom is 0.346 e. The molecule has 0 aliphatic heterocycles. The number of likely N-dealkylation sites (N-methyl/N-ethyl adjacent to an activating group) is 1. The van der Waals surface area contributed by atoms with Gasteiger partial charge in [-0.1, -0.05) is 12.8 Å². The van der Waals surface area contributed by atoms with E-state index in [9.17, 15) is 18.3 Å². The van der Waals surface area contributed by atoms with Gasteiger partial charge in [-0.25, -0.2) is 13.2 Å². The monoisotopic (exact) mass is 333 g/mol. The molecule has 0 saturated heterocycles. The molecule has 8 heteroatoms. The maximum absolute atomic E-state index is 12.5. The summed E-state index contributed by atoms with van der Waals surface area (Å²) < 4.78 is 26.1. The van der Waals surface area contributed by atoms with Gasteiger partial charge in [-0.15, -0.1) is 11.3 Å². The largest absolute Gasteiger partial charge is 0.477 e. The van der Waals surface area contributed by atoms with Gasteiger partial charge in [-0.2, -0.15) is 4.31 Å². The molecule has 0 spiro atoms. The number of aryl methyl sites for hydroxylation is 1. The number of carbonyl (C=O) groups is 1. The van der Waals surface area contributed by atoms with Crippen molar-refractivity contribution in [1.82, 2.24) is 4.31 Å². The van der Waals surface area contributed by atoms with Crippen LogP contribution in [0.5, 0.6) is 0 Å². The molecular weight excluding hydrogens is 314 g/mol. The standard InChI is InChI=1S/C13H19NO5S2/c1-9-7-10(20-11(9)12(15)16)21(18,19)14(2)8-13(17)5-3-4-6-13/h7,17H,3-6,8H2,1-2H3,(H,15,16). The summed E-state index contributed by atoms with van der Waals surface area (Å²) in [5.74, 6) is -1.13. The lowest BCUT2D eigenvalue weighted by atomic mass is 10.0. The second-order valence-corrected chi connectivity index (χ2v) is 8.90. The maximum atomic E-state index is 12.5. The van der Waals surface area contributed by atoms with Gasteiger partial charge >= 0.3 is 5.97 Å². The van der Waals surface area contributed by atoms with Crippen LogP contribution >= 0.6 is 11.3 Å². The van der Waals surface area contributed by atoms with Crippen molar-refractivity contribution in [1.29, 1.82) is 0 Å². The molecule has 0 aromatic carbocycles. The molecule has 1 fully saturated rings. The van der Waals surface area contributed by atoms with Crippen LogP contribution in [0.1, 0.15) is 40.9 Å². The molecule has 1 aromatic heterocycles. The number of hydrogen-bond donors (Lipinski definition) is 2. The van der Waals surface area contributed by atoms with Gasteiger partial charge in [0.1, 0.15) is 9.09 Å². The summed E-state index contributed by atoms with van der Waals surface area (Å²) in [6.07, 6.45) is 2.98. The van der Waals surface area contributed by atoms with Crippen molar-refractivity contribution in [3.63, 3.8) is 0 Å². The molecule has 1 aliphatic carbocycles. The van der Waals surface area contributed by atoms with Crippen molar-refractivity contribution >= 4 is 27.3 Å². The minimum absolute atomic E-state index is 0.00139. The van der Waals surface area contributed by atoms with Crippen LogP contribution in [-0.2, 0) is 10.0 Å². The molecule has 1 saturated carbocycles. The molecule has 1 aromatic rings. The van der Waals surface area contributed by atoms with E-state index in [0.29, 0.717) is 18.4 Å². The molecule has 118 valence electrons. The van der Waals surface area contributed by atoms with Gasteiger partial charge < -0.3 is 10.2 Å². The van der Waals surface area contributed by atoms with Gasteiger partial charge in [0.2, 0.25) is 0 Å². The van der Waals surface area contributed by atoms with Crippen LogP contribution in [0.15, 0.2) is 10.3 Å². The van der Waals surface area contributed by atoms with Crippen molar-refractivity contribution < 1.29 is 23.4 Å². The average molecular weight is 333 g/mol. The lowest BCUT2D eigenvalue weighted by molar-refractivity contribution is 0.0334. The average Bonchev–Trinajstić information content (AvgIpc) is 2.96. The summed E-state index contributed by atoms with van der Waals surface area (Å²) in [4.78, 5) is 11.1. The number of hydrogen-bond acceptors (Lipinski definition) is 5. The molecular formula is C13H19NO5S2. The quantitative estimate of drug-likeness (QED) is 0.855. The minimum Gasteiger partial charge on any atom is -0.477 e. The second-order valence-electron chi connectivity index (χ2n) is 5.58. The minimum atomic E-state index is -3.77. The van der Waals surface area contributed by atoms with E-state index >= 15 is 0 Å². The molecule has 0 atom stereocenters. The van der Waals surface area contributed by atoms with E-state index in [1.807, 2.05) is 0 Å². The topological polar surface area (TPSA) is 94.9 Å². The van der Waals surface area contributed by atoms with Crippen LogP contribution in [0.2, 0.25) is 0 Å². The number of thiophene rings is 1. The number of nitrogens with zero attached hydrogens (tertiary/aromatic N) is 1. The molecule has 2 rings (SSSR count). The number of aromatic carboxylic acids is 1. The number of aliphatic hydroxyl groups is 1. The van der Waals surface area contributed by atoms with Crippen LogP contribution in [0.3, 0.4) is 0 Å². The number of carboxylic acids is 1. The summed E-state index contributed by atoms with van der Waals surface area (Å²) in [5, 5.41) is 19.3. The Bertz CT molecular complexity index is 644. The van der Waals surface area contributed by atoms with Crippen molar-refractivity contribution in [2.75, 3.05) is 13.6 Å². The highest BCUT2D eigenvalue weighted by Crippen LogP contribution is 2.33. The first-order chi connectivity index (χ1) is 9.66. The SMILES string of the molecule is Cc1cc(S(=O)(=O)N(C)CC2(O)CCCC2)sc1C(=O)O. The van der Waals surface area contributed by atoms with Crippen LogP contribution in [0.4, 0.5) is 0 Å². The van der Waals surface area contributed by atoms with Gasteiger partial charge in [0.05, 0.1) is 5.60 Å². The van der Waals surface area contributed by atoms with Crippen LogP contribution in [-0.4, -0.2) is 48.1 Å². The third-order valence-electron chi connectivity index (χ3n) is 3.81. The number of sulfonamides is 1. The Labute approximate surface area is 128 Å². The van der Waals surface area contributed by atoms with Crippen molar-refractivity contribution in [2.24, 2.45) is 0 Å². The van der Waals surface area contributed by atoms with E-state index in [-0.39, 0.29) is 15.6 Å². The van der Waals surface area contributed by atoms with Gasteiger partial charge in [0.15, 0.2) is 0 Å². The third-order valence-corrected chi connectivity index (χ3v) is 7.28. The van der Waals surface area contributed by atoms with Crippen molar-refractivity contribution in [2.45, 2.75) is 42.4 Å². The Morgan fingerprint density at radius 2 is 2.00 bits per heavy atom. The molecule has 0 bridgehead atoms. The van der Waals surface area contributed by atoms with Crippen LogP contribution in [0.25, 0.3) is 0 Å². The smallest absolute Gasteiger partial charge is 0.346 e. The summed E-state index contributed by atoms with van der Waals surface area (Å²) >= 11 is 0.749. The Hall–Kier alpha value is -0.960. The normalized spacial score (nSPS) is 18.3. The first-order valence-electron chi connectivity index (χ1n) is 6.68. The summed E-state index contributed by atoms with van der Waals surface area (Å²) in [6, 6.07) is 1.37. The molecule has 2 N–H and O–H groups in total. The first kappa shape index (κ1) is 16.4. The molecule has 0 amide bonds. The predicted molar refractivity (Wildman–Crippen MR) is 79.2 cm³/mol. The Morgan fingerprint density at radius 3 is 2.48 bits per heavy atom. The van der Waals surface area contributed by atoms with E-state index < -0.39 is 21.6 Å². The second kappa shape index (κ2) is 5.68. The summed E-state index contributed by atoms with van der Waals surface area (Å²) in [6.45, 7) is 1.61. The fourth-order valence-corrected chi connectivity index (χ4v) is 5.48. The van der Waals surface area contributed by atoms with Crippen LogP contribution < -0.4 is 0 Å². The zero-order valence-corrected chi connectivity index (χ0v) is 13.6. The molecule has 0 unspecified atom stereocenters. The zero-order valence-electron chi connectivity index (χ0n) is 12.0. The highest BCUT2D eigenvalue weighted by Gasteiger charge is 2.36. The third kappa shape index (κ3) is 3.28. The number of rotatable bonds is 5. The summed E-state index contributed by atoms with van der Waals surface area (Å²) in [5.41, 5.74) is -0.539. The predicted octanol–water partition coefficient (Wildman–Crippen LogP) is 1.68. The Balaban J connectivity index is 2.24. The van der Waals surface area contributed by atoms with Gasteiger partial charge in [0.25, 0.3) is 10.0 Å². The molecule has 1 heterocycles. The van der Waals surface area contributed by atoms with E-state index in [2.05, 4.69) is 0 Å². The number of carboxylic acid groups (broad SMARTS) is 1. The fraction of sp³-hybridized carbons (Fsp3) is 0.615. The highest BCUT2D eigenvalue weighted by atomic mass is 32.2. The first-order valence-corrected chi connectivity index (χ1v) is 8.94. The Kier molecular flexibility index (Phi) is 4.44. The highest BCUT2D eigenvalue weighted by molar-refractivity contribution is 7.91. The van der Waals surface area contributed by atoms with Gasteiger partial charge in [-0.05, 0) is 31.4 Å². The zero-order chi connectivity index (χ0) is 15.8. The lowest BCUT2D eigenvalue weighted by Gasteiger charge is -2.27. The lowest BCUT2D eigenvalue weighted by Crippen LogP contribution is -2.41. The van der Waals surface area contributed by atoms with Gasteiger partial charge in [0, 0.05) is 13.6 Å². The summed E-state index contributed by atoms with van der Waals surface area (Å²) in [7, 11) is -2.35. The van der Waals surface area contributed by atoms with Crippen molar-refractivity contribution in [3.8, 4) is 0 Å². The molecule has 0 radical (unpaired) electrons. The van der Waals surface area contributed by atoms with E-state index in [1.54, 1.807) is 6.92 Å². The molecule has 6 nitrogen and oxygen atoms in total. The van der Waals surface area contributed by atoms with E-state index in [4.69, 9.17) is 5.11 Å². The molecule has 21 heavy (non-hydrogen) atoms. The van der Waals surface area contributed by atoms with Crippen molar-refractivity contribution in [3.05, 3.63) is 16.5 Å². The fourth-order valence-electron chi connectivity index (χ4n) is 2.64. The van der Waals surface area contributed by atoms with Gasteiger partial charge in [-0.3, -0.25) is 0 Å². The van der Waals surface area contributed by atoms with E-state index in [0.717, 1.165) is 28.5 Å². The molecule has 1 aliphatic rings.